The van der Waals surface area contributed by atoms with Crippen LogP contribution in [0.15, 0.2) is 67.0 Å². The zero-order valence-electron chi connectivity index (χ0n) is 19.5. The van der Waals surface area contributed by atoms with Gasteiger partial charge in [0.15, 0.2) is 0 Å². The van der Waals surface area contributed by atoms with Gasteiger partial charge in [-0.3, -0.25) is 4.98 Å². The van der Waals surface area contributed by atoms with E-state index < -0.39 is 30.3 Å². The number of fused-ring (bicyclic) bond motifs is 1. The van der Waals surface area contributed by atoms with Gasteiger partial charge in [0, 0.05) is 12.4 Å². The number of rotatable bonds is 4. The quantitative estimate of drug-likeness (QED) is 0.249. The smallest absolute Gasteiger partial charge is 0.475 e. The summed E-state index contributed by atoms with van der Waals surface area (Å²) in [5, 5.41) is 14.2. The minimum atomic E-state index is -5.08. The Kier molecular flexibility index (Phi) is 10.1. The van der Waals surface area contributed by atoms with Gasteiger partial charge in [0.2, 0.25) is 0 Å². The third kappa shape index (κ3) is 9.37. The molecular formula is C24H19F7N4O4. The maximum absolute atomic E-state index is 13.8. The molecule has 0 saturated heterocycles. The lowest BCUT2D eigenvalue weighted by Gasteiger charge is -2.09. The number of imidazole rings is 1. The summed E-state index contributed by atoms with van der Waals surface area (Å²) < 4.78 is 77.3. The second-order valence-corrected chi connectivity index (χ2v) is 7.60. The number of nitrogens with one attached hydrogen (secondary N) is 1. The first-order valence-electron chi connectivity index (χ1n) is 10.6. The van der Waals surface area contributed by atoms with Gasteiger partial charge in [-0.2, -0.15) is 26.3 Å². The maximum atomic E-state index is 13.8. The molecule has 0 radical (unpaired) electrons. The van der Waals surface area contributed by atoms with Crippen LogP contribution in [0.1, 0.15) is 17.4 Å². The molecule has 0 aliphatic heterocycles. The lowest BCUT2D eigenvalue weighted by atomic mass is 10.1. The molecule has 5 N–H and O–H groups in total. The standard InChI is InChI=1S/C20H17FN4.2C2HF3O2/c21-16-4-2-1-3-15(16)11-17(22)20-24-18-6-5-14(12-19(18)25-20)13-7-9-23-10-8-13;2*3-2(4,5)1(6)7/h1-10,12,17H,11,22H2,(H,24,25);2*(H,6,7)/t17-;;/m1../s1. The number of hydrogen-bond acceptors (Lipinski definition) is 5. The van der Waals surface area contributed by atoms with Crippen LogP contribution in [0.5, 0.6) is 0 Å². The maximum Gasteiger partial charge on any atom is 0.490 e. The first-order chi connectivity index (χ1) is 18.1. The predicted molar refractivity (Wildman–Crippen MR) is 124 cm³/mol. The highest BCUT2D eigenvalue weighted by atomic mass is 19.4. The number of carboxylic acids is 2. The van der Waals surface area contributed by atoms with E-state index >= 15 is 0 Å². The third-order valence-corrected chi connectivity index (χ3v) is 4.75. The molecule has 0 saturated carbocycles. The largest absolute Gasteiger partial charge is 0.490 e. The Labute approximate surface area is 214 Å². The number of nitrogens with two attached hydrogens (primary N) is 1. The SMILES string of the molecule is N[C@H](Cc1ccccc1F)c1nc2ccc(-c3ccncc3)cc2[nH]1.O=C(O)C(F)(F)F.O=C(O)C(F)(F)F. The molecule has 0 aliphatic rings. The number of carbonyl (C=O) groups is 2. The Bertz CT molecular complexity index is 1380. The Morgan fingerprint density at radius 3 is 1.92 bits per heavy atom. The number of carboxylic acid groups (broad SMARTS) is 2. The topological polar surface area (TPSA) is 142 Å². The number of H-pyrrole nitrogens is 1. The van der Waals surface area contributed by atoms with Crippen molar-refractivity contribution in [2.24, 2.45) is 5.73 Å². The van der Waals surface area contributed by atoms with E-state index in [-0.39, 0.29) is 5.82 Å². The first kappa shape index (κ1) is 30.7. The van der Waals surface area contributed by atoms with Gasteiger partial charge in [-0.1, -0.05) is 24.3 Å². The second-order valence-electron chi connectivity index (χ2n) is 7.60. The molecule has 0 spiro atoms. The van der Waals surface area contributed by atoms with Crippen LogP contribution in [0.4, 0.5) is 30.7 Å². The van der Waals surface area contributed by atoms with Crippen molar-refractivity contribution in [1.29, 1.82) is 0 Å². The van der Waals surface area contributed by atoms with Crippen LogP contribution in [-0.4, -0.2) is 49.5 Å². The molecule has 2 aromatic heterocycles. The van der Waals surface area contributed by atoms with Crippen LogP contribution in [0.25, 0.3) is 22.2 Å². The monoisotopic (exact) mass is 560 g/mol. The molecule has 2 aromatic carbocycles. The van der Waals surface area contributed by atoms with Crippen molar-refractivity contribution in [1.82, 2.24) is 15.0 Å². The van der Waals surface area contributed by atoms with E-state index in [9.17, 15) is 30.7 Å². The number of halogens is 7. The van der Waals surface area contributed by atoms with Crippen molar-refractivity contribution in [3.05, 3.63) is 84.2 Å². The van der Waals surface area contributed by atoms with Gasteiger partial charge < -0.3 is 20.9 Å². The summed E-state index contributed by atoms with van der Waals surface area (Å²) in [7, 11) is 0. The fraction of sp³-hybridized carbons (Fsp3) is 0.167. The van der Waals surface area contributed by atoms with E-state index in [1.165, 1.54) is 6.07 Å². The Balaban J connectivity index is 0.000000317. The van der Waals surface area contributed by atoms with Crippen LogP contribution in [0.3, 0.4) is 0 Å². The second kappa shape index (κ2) is 12.8. The van der Waals surface area contributed by atoms with Gasteiger partial charge in [-0.25, -0.2) is 19.0 Å². The molecule has 15 heteroatoms. The number of nitrogens with zero attached hydrogens (tertiary/aromatic N) is 2. The molecule has 2 heterocycles. The Morgan fingerprint density at radius 1 is 0.872 bits per heavy atom. The predicted octanol–water partition coefficient (Wildman–Crippen LogP) is 5.27. The molecule has 4 rings (SSSR count). The van der Waals surface area contributed by atoms with Crippen molar-refractivity contribution < 1.29 is 50.5 Å². The minimum Gasteiger partial charge on any atom is -0.475 e. The van der Waals surface area contributed by atoms with E-state index in [2.05, 4.69) is 15.0 Å². The van der Waals surface area contributed by atoms with Crippen LogP contribution in [-0.2, 0) is 16.0 Å². The Hall–Kier alpha value is -4.53. The van der Waals surface area contributed by atoms with Crippen molar-refractivity contribution in [2.45, 2.75) is 24.8 Å². The number of pyridine rings is 1. The van der Waals surface area contributed by atoms with Gasteiger partial charge in [-0.05, 0) is 53.4 Å². The van der Waals surface area contributed by atoms with Crippen LogP contribution < -0.4 is 5.73 Å². The summed E-state index contributed by atoms with van der Waals surface area (Å²) in [5.74, 6) is -5.10. The third-order valence-electron chi connectivity index (χ3n) is 4.75. The highest BCUT2D eigenvalue weighted by Gasteiger charge is 2.38. The summed E-state index contributed by atoms with van der Waals surface area (Å²) in [4.78, 5) is 29.7. The molecule has 0 fully saturated rings. The van der Waals surface area contributed by atoms with E-state index in [1.54, 1.807) is 24.5 Å². The fourth-order valence-electron chi connectivity index (χ4n) is 2.93. The summed E-state index contributed by atoms with van der Waals surface area (Å²) >= 11 is 0. The van der Waals surface area contributed by atoms with E-state index in [1.807, 2.05) is 36.4 Å². The van der Waals surface area contributed by atoms with Gasteiger partial charge in [0.25, 0.3) is 0 Å². The molecule has 4 aromatic rings. The molecular weight excluding hydrogens is 541 g/mol. The van der Waals surface area contributed by atoms with E-state index in [4.69, 9.17) is 25.5 Å². The minimum absolute atomic E-state index is 0.242. The number of aliphatic carboxylic acids is 2. The first-order valence-corrected chi connectivity index (χ1v) is 10.6. The summed E-state index contributed by atoms with van der Waals surface area (Å²) in [6.45, 7) is 0. The lowest BCUT2D eigenvalue weighted by Crippen LogP contribution is -2.21. The van der Waals surface area contributed by atoms with E-state index in [0.29, 0.717) is 17.8 Å². The molecule has 39 heavy (non-hydrogen) atoms. The molecule has 208 valence electrons. The number of alkyl halides is 6. The summed E-state index contributed by atoms with van der Waals surface area (Å²) in [6, 6.07) is 16.2. The molecule has 0 aliphatic carbocycles. The molecule has 0 bridgehead atoms. The normalized spacial score (nSPS) is 12.0. The average molecular weight is 560 g/mol. The number of benzene rings is 2. The van der Waals surface area contributed by atoms with Gasteiger partial charge in [0.05, 0.1) is 17.1 Å². The van der Waals surface area contributed by atoms with E-state index in [0.717, 1.165) is 22.2 Å². The number of hydrogen-bond donors (Lipinski definition) is 4. The van der Waals surface area contributed by atoms with Gasteiger partial charge in [0.1, 0.15) is 11.6 Å². The number of aromatic nitrogens is 3. The number of aromatic amines is 1. The molecule has 1 atom stereocenters. The highest BCUT2D eigenvalue weighted by Crippen LogP contribution is 2.25. The van der Waals surface area contributed by atoms with Crippen LogP contribution in [0.2, 0.25) is 0 Å². The fourth-order valence-corrected chi connectivity index (χ4v) is 2.93. The Morgan fingerprint density at radius 2 is 1.41 bits per heavy atom. The van der Waals surface area contributed by atoms with Crippen LogP contribution in [0, 0.1) is 5.82 Å². The average Bonchev–Trinajstić information content (AvgIpc) is 3.29. The van der Waals surface area contributed by atoms with Gasteiger partial charge in [-0.15, -0.1) is 0 Å². The van der Waals surface area contributed by atoms with Crippen molar-refractivity contribution in [3.8, 4) is 11.1 Å². The van der Waals surface area contributed by atoms with Crippen molar-refractivity contribution in [3.63, 3.8) is 0 Å². The molecule has 0 amide bonds. The van der Waals surface area contributed by atoms with Crippen LogP contribution >= 0.6 is 0 Å². The lowest BCUT2D eigenvalue weighted by molar-refractivity contribution is -0.193. The highest BCUT2D eigenvalue weighted by molar-refractivity contribution is 5.82. The summed E-state index contributed by atoms with van der Waals surface area (Å²) in [5.41, 5.74) is 10.7. The zero-order valence-corrected chi connectivity index (χ0v) is 19.5. The van der Waals surface area contributed by atoms with Crippen molar-refractivity contribution >= 4 is 23.0 Å². The molecule has 8 nitrogen and oxygen atoms in total. The zero-order chi connectivity index (χ0) is 29.4. The van der Waals surface area contributed by atoms with Crippen molar-refractivity contribution in [2.75, 3.05) is 0 Å². The molecule has 0 unspecified atom stereocenters. The summed E-state index contributed by atoms with van der Waals surface area (Å²) in [6.07, 6.45) is -6.24. The van der Waals surface area contributed by atoms with Gasteiger partial charge >= 0.3 is 24.3 Å².